The third-order valence-corrected chi connectivity index (χ3v) is 2.67. The van der Waals surface area contributed by atoms with Gasteiger partial charge in [0.05, 0.1) is 23.4 Å². The summed E-state index contributed by atoms with van der Waals surface area (Å²) in [5, 5.41) is 13.2. The van der Waals surface area contributed by atoms with Gasteiger partial charge in [0, 0.05) is 25.0 Å². The highest BCUT2D eigenvalue weighted by Crippen LogP contribution is 2.25. The normalized spacial score (nSPS) is 12.2. The van der Waals surface area contributed by atoms with E-state index in [0.29, 0.717) is 18.7 Å². The largest absolute Gasteiger partial charge is 0.376 e. The second kappa shape index (κ2) is 5.64. The Balaban J connectivity index is 2.14. The number of anilines is 1. The fourth-order valence-corrected chi connectivity index (χ4v) is 1.81. The van der Waals surface area contributed by atoms with Gasteiger partial charge < -0.3 is 9.88 Å². The second-order valence-corrected chi connectivity index (χ2v) is 4.35. The SMILES string of the molecule is CC(Cn1ccnc1)Nc1c(F)cc([N+](=O)[O-])cc1F. The van der Waals surface area contributed by atoms with Crippen LogP contribution in [0.4, 0.5) is 20.2 Å². The molecule has 1 aromatic heterocycles. The van der Waals surface area contributed by atoms with Crippen LogP contribution in [0, 0.1) is 21.7 Å². The van der Waals surface area contributed by atoms with Gasteiger partial charge >= 0.3 is 0 Å². The maximum Gasteiger partial charge on any atom is 0.275 e. The average molecular weight is 282 g/mol. The fourth-order valence-electron chi connectivity index (χ4n) is 1.81. The molecule has 0 aliphatic carbocycles. The molecule has 0 spiro atoms. The molecule has 0 saturated heterocycles. The number of non-ortho nitro benzene ring substituents is 1. The highest BCUT2D eigenvalue weighted by Gasteiger charge is 2.18. The maximum atomic E-state index is 13.7. The van der Waals surface area contributed by atoms with Crippen molar-refractivity contribution in [3.05, 3.63) is 52.6 Å². The van der Waals surface area contributed by atoms with Gasteiger partial charge in [0.1, 0.15) is 5.69 Å². The molecular formula is C12H12F2N4O2. The molecule has 8 heteroatoms. The third-order valence-electron chi connectivity index (χ3n) is 2.67. The Morgan fingerprint density at radius 1 is 1.45 bits per heavy atom. The molecule has 0 radical (unpaired) electrons. The molecule has 1 atom stereocenters. The first kappa shape index (κ1) is 13.9. The molecule has 0 saturated carbocycles. The number of imidazole rings is 1. The monoisotopic (exact) mass is 282 g/mol. The van der Waals surface area contributed by atoms with Crippen LogP contribution in [0.5, 0.6) is 0 Å². The topological polar surface area (TPSA) is 73.0 Å². The number of halogens is 2. The molecule has 0 aliphatic rings. The summed E-state index contributed by atoms with van der Waals surface area (Å²) in [5.74, 6) is -1.98. The zero-order valence-corrected chi connectivity index (χ0v) is 10.6. The van der Waals surface area contributed by atoms with E-state index in [-0.39, 0.29) is 11.7 Å². The van der Waals surface area contributed by atoms with Crippen LogP contribution in [-0.2, 0) is 6.54 Å². The number of hydrogen-bond donors (Lipinski definition) is 1. The van der Waals surface area contributed by atoms with E-state index >= 15 is 0 Å². The van der Waals surface area contributed by atoms with E-state index in [1.165, 1.54) is 0 Å². The number of benzene rings is 1. The van der Waals surface area contributed by atoms with E-state index in [1.54, 1.807) is 30.2 Å². The Morgan fingerprint density at radius 3 is 2.60 bits per heavy atom. The minimum Gasteiger partial charge on any atom is -0.376 e. The van der Waals surface area contributed by atoms with Crippen molar-refractivity contribution in [3.8, 4) is 0 Å². The van der Waals surface area contributed by atoms with E-state index in [2.05, 4.69) is 10.3 Å². The summed E-state index contributed by atoms with van der Waals surface area (Å²) < 4.78 is 29.1. The van der Waals surface area contributed by atoms with Gasteiger partial charge in [-0.3, -0.25) is 10.1 Å². The second-order valence-electron chi connectivity index (χ2n) is 4.35. The lowest BCUT2D eigenvalue weighted by Gasteiger charge is -2.16. The van der Waals surface area contributed by atoms with E-state index in [4.69, 9.17) is 0 Å². The first-order valence-electron chi connectivity index (χ1n) is 5.83. The number of nitro benzene ring substituents is 1. The van der Waals surface area contributed by atoms with E-state index in [1.807, 2.05) is 0 Å². The standard InChI is InChI=1S/C12H12F2N4O2/c1-8(6-17-3-2-15-7-17)16-12-10(13)4-9(18(19)20)5-11(12)14/h2-5,7-8,16H,6H2,1H3. The number of nitrogens with zero attached hydrogens (tertiary/aromatic N) is 3. The van der Waals surface area contributed by atoms with E-state index < -0.39 is 22.2 Å². The van der Waals surface area contributed by atoms with Gasteiger partial charge in [-0.2, -0.15) is 0 Å². The molecule has 1 N–H and O–H groups in total. The van der Waals surface area contributed by atoms with E-state index in [9.17, 15) is 18.9 Å². The van der Waals surface area contributed by atoms with Gasteiger partial charge in [-0.1, -0.05) is 0 Å². The molecule has 1 unspecified atom stereocenters. The molecule has 1 aromatic carbocycles. The lowest BCUT2D eigenvalue weighted by Crippen LogP contribution is -2.22. The molecule has 2 aromatic rings. The first-order valence-corrected chi connectivity index (χ1v) is 5.83. The summed E-state index contributed by atoms with van der Waals surface area (Å²) in [6, 6.07) is 1.10. The van der Waals surface area contributed by atoms with Crippen LogP contribution in [0.1, 0.15) is 6.92 Å². The first-order chi connectivity index (χ1) is 9.47. The van der Waals surface area contributed by atoms with Crippen molar-refractivity contribution < 1.29 is 13.7 Å². The minimum absolute atomic E-state index is 0.283. The number of rotatable bonds is 5. The molecule has 6 nitrogen and oxygen atoms in total. The van der Waals surface area contributed by atoms with Crippen molar-refractivity contribution in [2.75, 3.05) is 5.32 Å². The van der Waals surface area contributed by atoms with Crippen molar-refractivity contribution in [1.82, 2.24) is 9.55 Å². The molecule has 2 rings (SSSR count). The molecule has 106 valence electrons. The quantitative estimate of drug-likeness (QED) is 0.675. The van der Waals surface area contributed by atoms with Gasteiger partial charge in [0.15, 0.2) is 11.6 Å². The van der Waals surface area contributed by atoms with Gasteiger partial charge in [-0.05, 0) is 6.92 Å². The molecule has 0 fully saturated rings. The number of aromatic nitrogens is 2. The van der Waals surface area contributed by atoms with Crippen molar-refractivity contribution in [1.29, 1.82) is 0 Å². The lowest BCUT2D eigenvalue weighted by atomic mass is 10.2. The summed E-state index contributed by atoms with van der Waals surface area (Å²) in [4.78, 5) is 13.5. The Labute approximate surface area is 113 Å². The molecule has 20 heavy (non-hydrogen) atoms. The van der Waals surface area contributed by atoms with Crippen LogP contribution in [0.15, 0.2) is 30.9 Å². The average Bonchev–Trinajstić information content (AvgIpc) is 2.86. The molecule has 0 aliphatic heterocycles. The molecule has 0 bridgehead atoms. The summed E-state index contributed by atoms with van der Waals surface area (Å²) in [6.07, 6.45) is 4.90. The molecular weight excluding hydrogens is 270 g/mol. The Hall–Kier alpha value is -2.51. The van der Waals surface area contributed by atoms with Gasteiger partial charge in [0.25, 0.3) is 5.69 Å². The lowest BCUT2D eigenvalue weighted by molar-refractivity contribution is -0.385. The fraction of sp³-hybridized carbons (Fsp3) is 0.250. The summed E-state index contributed by atoms with van der Waals surface area (Å²) in [6.45, 7) is 2.19. The summed E-state index contributed by atoms with van der Waals surface area (Å²) in [5.41, 5.74) is -0.990. The van der Waals surface area contributed by atoms with Crippen molar-refractivity contribution >= 4 is 11.4 Å². The predicted octanol–water partition coefficient (Wildman–Crippen LogP) is 2.57. The molecule has 1 heterocycles. The Bertz CT molecular complexity index is 593. The Morgan fingerprint density at radius 2 is 2.10 bits per heavy atom. The van der Waals surface area contributed by atoms with Crippen LogP contribution in [0.25, 0.3) is 0 Å². The third kappa shape index (κ3) is 3.08. The summed E-state index contributed by atoms with van der Waals surface area (Å²) >= 11 is 0. The number of nitro groups is 1. The van der Waals surface area contributed by atoms with Crippen molar-refractivity contribution in [2.24, 2.45) is 0 Å². The van der Waals surface area contributed by atoms with Crippen molar-refractivity contribution in [2.45, 2.75) is 19.5 Å². The van der Waals surface area contributed by atoms with Crippen LogP contribution >= 0.6 is 0 Å². The predicted molar refractivity (Wildman–Crippen MR) is 68.3 cm³/mol. The highest BCUT2D eigenvalue weighted by atomic mass is 19.1. The van der Waals surface area contributed by atoms with Gasteiger partial charge in [-0.25, -0.2) is 13.8 Å². The number of hydrogen-bond acceptors (Lipinski definition) is 4. The van der Waals surface area contributed by atoms with Crippen molar-refractivity contribution in [3.63, 3.8) is 0 Å². The minimum atomic E-state index is -0.991. The van der Waals surface area contributed by atoms with Gasteiger partial charge in [-0.15, -0.1) is 0 Å². The van der Waals surface area contributed by atoms with E-state index in [0.717, 1.165) is 0 Å². The van der Waals surface area contributed by atoms with Crippen LogP contribution in [0.3, 0.4) is 0 Å². The smallest absolute Gasteiger partial charge is 0.275 e. The number of nitrogens with one attached hydrogen (secondary N) is 1. The highest BCUT2D eigenvalue weighted by molar-refractivity contribution is 5.52. The zero-order chi connectivity index (χ0) is 14.7. The van der Waals surface area contributed by atoms with Crippen LogP contribution < -0.4 is 5.32 Å². The van der Waals surface area contributed by atoms with Crippen LogP contribution in [-0.4, -0.2) is 20.5 Å². The van der Waals surface area contributed by atoms with Gasteiger partial charge in [0.2, 0.25) is 0 Å². The molecule has 0 amide bonds. The maximum absolute atomic E-state index is 13.7. The zero-order valence-electron chi connectivity index (χ0n) is 10.6. The Kier molecular flexibility index (Phi) is 3.92. The summed E-state index contributed by atoms with van der Waals surface area (Å²) in [7, 11) is 0. The van der Waals surface area contributed by atoms with Crippen LogP contribution in [0.2, 0.25) is 0 Å².